The number of piperazine rings is 1. The first-order chi connectivity index (χ1) is 9.76. The van der Waals surface area contributed by atoms with Gasteiger partial charge in [0.25, 0.3) is 0 Å². The van der Waals surface area contributed by atoms with Gasteiger partial charge in [0.15, 0.2) is 0 Å². The summed E-state index contributed by atoms with van der Waals surface area (Å²) in [4.78, 5) is 20.0. The molecule has 0 bridgehead atoms. The fourth-order valence-electron chi connectivity index (χ4n) is 2.14. The van der Waals surface area contributed by atoms with E-state index in [4.69, 9.17) is 10.5 Å². The number of anilines is 2. The number of halogens is 1. The van der Waals surface area contributed by atoms with Crippen LogP contribution in [0.25, 0.3) is 0 Å². The van der Waals surface area contributed by atoms with Crippen LogP contribution in [0, 0.1) is 0 Å². The van der Waals surface area contributed by atoms with Gasteiger partial charge >= 0.3 is 6.09 Å². The smallest absolute Gasteiger partial charge is 0.410 e. The van der Waals surface area contributed by atoms with Gasteiger partial charge in [0.2, 0.25) is 0 Å². The summed E-state index contributed by atoms with van der Waals surface area (Å²) in [5.41, 5.74) is 6.28. The highest BCUT2D eigenvalue weighted by Crippen LogP contribution is 2.28. The summed E-state index contributed by atoms with van der Waals surface area (Å²) in [6.07, 6.45) is 1.45. The van der Waals surface area contributed by atoms with E-state index in [-0.39, 0.29) is 6.09 Å². The molecule has 2 N–H and O–H groups in total. The fraction of sp³-hybridized carbons (Fsp3) is 0.571. The third-order valence-electron chi connectivity index (χ3n) is 3.13. The zero-order valence-corrected chi connectivity index (χ0v) is 14.2. The van der Waals surface area contributed by atoms with Crippen LogP contribution in [0.15, 0.2) is 16.7 Å². The van der Waals surface area contributed by atoms with Crippen molar-refractivity contribution in [3.8, 4) is 0 Å². The van der Waals surface area contributed by atoms with Gasteiger partial charge in [-0.2, -0.15) is 0 Å². The van der Waals surface area contributed by atoms with Crippen molar-refractivity contribution in [2.45, 2.75) is 26.4 Å². The second kappa shape index (κ2) is 6.09. The molecule has 7 heteroatoms. The monoisotopic (exact) mass is 356 g/mol. The van der Waals surface area contributed by atoms with E-state index in [0.29, 0.717) is 18.9 Å². The van der Waals surface area contributed by atoms with E-state index in [1.807, 2.05) is 26.8 Å². The van der Waals surface area contributed by atoms with Crippen molar-refractivity contribution >= 4 is 33.5 Å². The first-order valence-electron chi connectivity index (χ1n) is 6.90. The van der Waals surface area contributed by atoms with E-state index in [9.17, 15) is 4.79 Å². The molecular formula is C14H21BrN4O2. The Hall–Kier alpha value is -1.50. The molecule has 21 heavy (non-hydrogen) atoms. The van der Waals surface area contributed by atoms with Crippen molar-refractivity contribution in [3.05, 3.63) is 16.7 Å². The van der Waals surface area contributed by atoms with Crippen LogP contribution < -0.4 is 10.6 Å². The first-order valence-corrected chi connectivity index (χ1v) is 7.69. The van der Waals surface area contributed by atoms with E-state index >= 15 is 0 Å². The molecule has 0 aromatic carbocycles. The predicted molar refractivity (Wildman–Crippen MR) is 86.4 cm³/mol. The molecule has 116 valence electrons. The van der Waals surface area contributed by atoms with Crippen LogP contribution >= 0.6 is 15.9 Å². The van der Waals surface area contributed by atoms with E-state index in [0.717, 1.165) is 23.2 Å². The van der Waals surface area contributed by atoms with Crippen LogP contribution in [0.1, 0.15) is 20.8 Å². The number of carbonyl (C=O) groups is 1. The molecule has 0 radical (unpaired) electrons. The van der Waals surface area contributed by atoms with Crippen LogP contribution in [-0.4, -0.2) is 47.8 Å². The molecule has 0 saturated carbocycles. The van der Waals surface area contributed by atoms with Gasteiger partial charge in [-0.3, -0.25) is 0 Å². The number of rotatable bonds is 1. The third-order valence-corrected chi connectivity index (χ3v) is 3.74. The van der Waals surface area contributed by atoms with Crippen molar-refractivity contribution in [1.82, 2.24) is 9.88 Å². The zero-order chi connectivity index (χ0) is 15.6. The largest absolute Gasteiger partial charge is 0.444 e. The van der Waals surface area contributed by atoms with Crippen molar-refractivity contribution in [1.29, 1.82) is 0 Å². The van der Waals surface area contributed by atoms with Crippen molar-refractivity contribution in [3.63, 3.8) is 0 Å². The molecule has 2 rings (SSSR count). The first kappa shape index (κ1) is 15.9. The minimum atomic E-state index is -0.462. The number of aromatic nitrogens is 1. The standard InChI is InChI=1S/C14H21BrN4O2/c1-14(2,3)21-13(20)19-6-4-18(5-7-19)11-8-12(16)17-9-10(11)15/h8-9H,4-7H2,1-3H3,(H2,16,17). The van der Waals surface area contributed by atoms with Gasteiger partial charge in [0.1, 0.15) is 11.4 Å². The quantitative estimate of drug-likeness (QED) is 0.836. The number of hydrogen-bond donors (Lipinski definition) is 1. The summed E-state index contributed by atoms with van der Waals surface area (Å²) in [7, 11) is 0. The maximum absolute atomic E-state index is 12.0. The zero-order valence-electron chi connectivity index (χ0n) is 12.6. The minimum absolute atomic E-state index is 0.254. The third kappa shape index (κ3) is 4.23. The Morgan fingerprint density at radius 1 is 1.33 bits per heavy atom. The SMILES string of the molecule is CC(C)(C)OC(=O)N1CCN(c2cc(N)ncc2Br)CC1. The second-order valence-electron chi connectivity index (χ2n) is 6.02. The van der Waals surface area contributed by atoms with Gasteiger partial charge in [-0.25, -0.2) is 9.78 Å². The number of pyridine rings is 1. The lowest BCUT2D eigenvalue weighted by Gasteiger charge is -2.37. The van der Waals surface area contributed by atoms with Crippen LogP contribution in [0.3, 0.4) is 0 Å². The summed E-state index contributed by atoms with van der Waals surface area (Å²) >= 11 is 3.48. The van der Waals surface area contributed by atoms with Crippen LogP contribution in [-0.2, 0) is 4.74 Å². The number of carbonyl (C=O) groups excluding carboxylic acids is 1. The molecule has 2 heterocycles. The molecular weight excluding hydrogens is 336 g/mol. The number of nitrogen functional groups attached to an aromatic ring is 1. The lowest BCUT2D eigenvalue weighted by molar-refractivity contribution is 0.0240. The molecule has 0 aliphatic carbocycles. The van der Waals surface area contributed by atoms with E-state index in [1.54, 1.807) is 11.1 Å². The molecule has 1 saturated heterocycles. The molecule has 0 unspecified atom stereocenters. The Labute approximate surface area is 133 Å². The fourth-order valence-corrected chi connectivity index (χ4v) is 2.61. The van der Waals surface area contributed by atoms with Gasteiger partial charge in [-0.1, -0.05) is 0 Å². The van der Waals surface area contributed by atoms with Crippen molar-refractivity contribution in [2.75, 3.05) is 36.8 Å². The second-order valence-corrected chi connectivity index (χ2v) is 6.87. The Morgan fingerprint density at radius 2 is 1.95 bits per heavy atom. The summed E-state index contributed by atoms with van der Waals surface area (Å²) in [5, 5.41) is 0. The molecule has 6 nitrogen and oxygen atoms in total. The molecule has 0 atom stereocenters. The molecule has 0 spiro atoms. The highest BCUT2D eigenvalue weighted by atomic mass is 79.9. The average Bonchev–Trinajstić information content (AvgIpc) is 2.40. The van der Waals surface area contributed by atoms with Crippen molar-refractivity contribution in [2.24, 2.45) is 0 Å². The molecule has 1 aliphatic rings. The van der Waals surface area contributed by atoms with Crippen LogP contribution in [0.2, 0.25) is 0 Å². The maximum atomic E-state index is 12.0. The number of nitrogens with zero attached hydrogens (tertiary/aromatic N) is 3. The highest BCUT2D eigenvalue weighted by molar-refractivity contribution is 9.10. The molecule has 1 aromatic rings. The molecule has 1 fully saturated rings. The lowest BCUT2D eigenvalue weighted by Crippen LogP contribution is -2.50. The molecule has 1 aromatic heterocycles. The topological polar surface area (TPSA) is 71.7 Å². The Kier molecular flexibility index (Phi) is 4.61. The summed E-state index contributed by atoms with van der Waals surface area (Å²) in [6.45, 7) is 8.35. The van der Waals surface area contributed by atoms with Crippen LogP contribution in [0.5, 0.6) is 0 Å². The van der Waals surface area contributed by atoms with E-state index < -0.39 is 5.60 Å². The maximum Gasteiger partial charge on any atom is 0.410 e. The average molecular weight is 357 g/mol. The Bertz CT molecular complexity index is 522. The Balaban J connectivity index is 1.97. The predicted octanol–water partition coefficient (Wildman–Crippen LogP) is 2.48. The summed E-state index contributed by atoms with van der Waals surface area (Å²) < 4.78 is 6.30. The lowest BCUT2D eigenvalue weighted by atomic mass is 10.2. The molecule has 1 aliphatic heterocycles. The van der Waals surface area contributed by atoms with Gasteiger partial charge in [-0.15, -0.1) is 0 Å². The summed E-state index contributed by atoms with van der Waals surface area (Å²) in [5.74, 6) is 0.489. The minimum Gasteiger partial charge on any atom is -0.444 e. The Morgan fingerprint density at radius 3 is 2.52 bits per heavy atom. The van der Waals surface area contributed by atoms with Crippen LogP contribution in [0.4, 0.5) is 16.3 Å². The molecule has 1 amide bonds. The number of ether oxygens (including phenoxy) is 1. The van der Waals surface area contributed by atoms with Gasteiger partial charge in [0.05, 0.1) is 10.2 Å². The van der Waals surface area contributed by atoms with Gasteiger partial charge in [-0.05, 0) is 36.7 Å². The normalized spacial score (nSPS) is 16.0. The number of hydrogen-bond acceptors (Lipinski definition) is 5. The van der Waals surface area contributed by atoms with Gasteiger partial charge < -0.3 is 20.3 Å². The summed E-state index contributed by atoms with van der Waals surface area (Å²) in [6, 6.07) is 1.84. The van der Waals surface area contributed by atoms with E-state index in [2.05, 4.69) is 25.8 Å². The van der Waals surface area contributed by atoms with E-state index in [1.165, 1.54) is 0 Å². The number of nitrogens with two attached hydrogens (primary N) is 1. The van der Waals surface area contributed by atoms with Gasteiger partial charge in [0, 0.05) is 38.4 Å². The van der Waals surface area contributed by atoms with Crippen molar-refractivity contribution < 1.29 is 9.53 Å². The highest BCUT2D eigenvalue weighted by Gasteiger charge is 2.26. The number of amides is 1.